The van der Waals surface area contributed by atoms with Gasteiger partial charge in [-0.1, -0.05) is 41.9 Å². The lowest BCUT2D eigenvalue weighted by molar-refractivity contribution is 0.102. The standard InChI is InChI=1S/C27H24BrClN2O/c28-21-10-9-19(14-22(21)29)30-27(32)18-8-11-23-20(13-18)24-16-6-7-17(12-16)25(24)26(31-23)15-4-2-1-3-5-15/h1-5,8-11,13-14,16-17,24-26,31H,6-7,12H2,(H,30,32)/t16-,17-,24-,25+,26+/m0/s1. The van der Waals surface area contributed by atoms with Crippen molar-refractivity contribution in [2.24, 2.45) is 17.8 Å². The number of hydrogen-bond acceptors (Lipinski definition) is 2. The first-order chi connectivity index (χ1) is 15.6. The Morgan fingerprint density at radius 1 is 1.00 bits per heavy atom. The van der Waals surface area contributed by atoms with Crippen molar-refractivity contribution in [3.63, 3.8) is 0 Å². The van der Waals surface area contributed by atoms with Crippen molar-refractivity contribution in [3.05, 3.63) is 92.9 Å². The van der Waals surface area contributed by atoms with Gasteiger partial charge in [0.05, 0.1) is 11.1 Å². The van der Waals surface area contributed by atoms with Crippen LogP contribution in [0.4, 0.5) is 11.4 Å². The summed E-state index contributed by atoms with van der Waals surface area (Å²) in [7, 11) is 0. The largest absolute Gasteiger partial charge is 0.378 e. The molecule has 1 aliphatic heterocycles. The van der Waals surface area contributed by atoms with Crippen LogP contribution >= 0.6 is 27.5 Å². The minimum absolute atomic E-state index is 0.101. The lowest BCUT2D eigenvalue weighted by Crippen LogP contribution is -2.35. The Morgan fingerprint density at radius 3 is 2.62 bits per heavy atom. The van der Waals surface area contributed by atoms with Crippen molar-refractivity contribution in [1.29, 1.82) is 0 Å². The van der Waals surface area contributed by atoms with Crippen molar-refractivity contribution < 1.29 is 4.79 Å². The number of carbonyl (C=O) groups is 1. The van der Waals surface area contributed by atoms with E-state index in [-0.39, 0.29) is 5.91 Å². The molecule has 2 aliphatic carbocycles. The van der Waals surface area contributed by atoms with Crippen LogP contribution in [0.2, 0.25) is 5.02 Å². The Labute approximate surface area is 201 Å². The highest BCUT2D eigenvalue weighted by Crippen LogP contribution is 2.63. The molecule has 0 radical (unpaired) electrons. The van der Waals surface area contributed by atoms with Crippen LogP contribution in [0, 0.1) is 17.8 Å². The summed E-state index contributed by atoms with van der Waals surface area (Å²) in [6.45, 7) is 0. The molecule has 3 aromatic rings. The van der Waals surface area contributed by atoms with Crippen molar-refractivity contribution >= 4 is 44.8 Å². The zero-order valence-electron chi connectivity index (χ0n) is 17.5. The van der Waals surface area contributed by atoms with E-state index >= 15 is 0 Å². The smallest absolute Gasteiger partial charge is 0.255 e. The molecule has 2 fully saturated rings. The van der Waals surface area contributed by atoms with E-state index in [9.17, 15) is 4.79 Å². The predicted molar refractivity (Wildman–Crippen MR) is 133 cm³/mol. The SMILES string of the molecule is O=C(Nc1ccc(Br)c(Cl)c1)c1ccc2c(c1)[C@@H]1[C@H]3CC[C@@H](C3)[C@H]1[C@@H](c1ccccc1)N2. The van der Waals surface area contributed by atoms with Gasteiger partial charge in [-0.15, -0.1) is 0 Å². The van der Waals surface area contributed by atoms with E-state index in [1.807, 2.05) is 18.2 Å². The summed E-state index contributed by atoms with van der Waals surface area (Å²) in [5.74, 6) is 2.49. The number of halogens is 2. The summed E-state index contributed by atoms with van der Waals surface area (Å²) in [6, 6.07) is 22.8. The lowest BCUT2D eigenvalue weighted by Gasteiger charge is -2.43. The van der Waals surface area contributed by atoms with E-state index in [4.69, 9.17) is 11.6 Å². The fourth-order valence-corrected chi connectivity index (χ4v) is 6.82. The van der Waals surface area contributed by atoms with E-state index in [1.165, 1.54) is 36.1 Å². The molecule has 5 atom stereocenters. The van der Waals surface area contributed by atoms with Gasteiger partial charge in [0.15, 0.2) is 0 Å². The molecule has 3 aliphatic rings. The first kappa shape index (κ1) is 20.3. The van der Waals surface area contributed by atoms with Crippen LogP contribution in [-0.4, -0.2) is 5.91 Å². The topological polar surface area (TPSA) is 41.1 Å². The van der Waals surface area contributed by atoms with Crippen LogP contribution in [0.15, 0.2) is 71.2 Å². The summed E-state index contributed by atoms with van der Waals surface area (Å²) >= 11 is 9.59. The van der Waals surface area contributed by atoms with Crippen LogP contribution in [0.25, 0.3) is 0 Å². The average molecular weight is 508 g/mol. The lowest BCUT2D eigenvalue weighted by atomic mass is 9.68. The average Bonchev–Trinajstić information content (AvgIpc) is 3.44. The van der Waals surface area contributed by atoms with E-state index in [0.29, 0.717) is 34.2 Å². The van der Waals surface area contributed by atoms with Gasteiger partial charge in [-0.05, 0) is 106 Å². The first-order valence-corrected chi connectivity index (χ1v) is 12.5. The van der Waals surface area contributed by atoms with Gasteiger partial charge in [0.2, 0.25) is 0 Å². The van der Waals surface area contributed by atoms with Gasteiger partial charge in [0.1, 0.15) is 0 Å². The number of fused-ring (bicyclic) bond motifs is 7. The number of benzene rings is 3. The molecule has 162 valence electrons. The summed E-state index contributed by atoms with van der Waals surface area (Å²) < 4.78 is 0.812. The molecule has 2 N–H and O–H groups in total. The highest BCUT2D eigenvalue weighted by molar-refractivity contribution is 9.10. The fraction of sp³-hybridized carbons (Fsp3) is 0.296. The van der Waals surface area contributed by atoms with E-state index in [2.05, 4.69) is 69.0 Å². The van der Waals surface area contributed by atoms with E-state index in [0.717, 1.165) is 16.3 Å². The number of nitrogens with one attached hydrogen (secondary N) is 2. The summed E-state index contributed by atoms with van der Waals surface area (Å²) in [4.78, 5) is 13.0. The molecule has 0 aromatic heterocycles. The third-order valence-corrected chi connectivity index (χ3v) is 8.92. The molecule has 0 saturated heterocycles. The second kappa shape index (κ2) is 7.93. The van der Waals surface area contributed by atoms with E-state index < -0.39 is 0 Å². The minimum atomic E-state index is -0.101. The Bertz CT molecular complexity index is 1200. The molecule has 6 rings (SSSR count). The zero-order valence-corrected chi connectivity index (χ0v) is 19.9. The number of carbonyl (C=O) groups excluding carboxylic acids is 1. The Balaban J connectivity index is 1.34. The van der Waals surface area contributed by atoms with Crippen molar-refractivity contribution in [2.75, 3.05) is 10.6 Å². The first-order valence-electron chi connectivity index (χ1n) is 11.3. The summed E-state index contributed by atoms with van der Waals surface area (Å²) in [5, 5.41) is 7.42. The Morgan fingerprint density at radius 2 is 1.81 bits per heavy atom. The summed E-state index contributed by atoms with van der Waals surface area (Å²) in [6.07, 6.45) is 3.95. The number of hydrogen-bond donors (Lipinski definition) is 2. The molecule has 1 heterocycles. The monoisotopic (exact) mass is 506 g/mol. The normalized spacial score (nSPS) is 27.4. The number of amides is 1. The molecular formula is C27H24BrClN2O. The Hall–Kier alpha value is -2.30. The molecule has 32 heavy (non-hydrogen) atoms. The molecule has 1 amide bonds. The quantitative estimate of drug-likeness (QED) is 0.382. The van der Waals surface area contributed by atoms with Gasteiger partial charge in [0.25, 0.3) is 5.91 Å². The molecule has 0 unspecified atom stereocenters. The maximum absolute atomic E-state index is 13.0. The van der Waals surface area contributed by atoms with Crippen LogP contribution < -0.4 is 10.6 Å². The second-order valence-electron chi connectivity index (χ2n) is 9.35. The van der Waals surface area contributed by atoms with Crippen molar-refractivity contribution in [3.8, 4) is 0 Å². The maximum atomic E-state index is 13.0. The summed E-state index contributed by atoms with van der Waals surface area (Å²) in [5.41, 5.74) is 5.26. The molecule has 3 nitrogen and oxygen atoms in total. The molecule has 0 spiro atoms. The second-order valence-corrected chi connectivity index (χ2v) is 10.6. The van der Waals surface area contributed by atoms with Gasteiger partial charge >= 0.3 is 0 Å². The minimum Gasteiger partial charge on any atom is -0.378 e. The zero-order chi connectivity index (χ0) is 21.8. The molecular weight excluding hydrogens is 484 g/mol. The predicted octanol–water partition coefficient (Wildman–Crippen LogP) is 7.65. The van der Waals surface area contributed by atoms with Gasteiger partial charge in [-0.3, -0.25) is 4.79 Å². The Kier molecular flexibility index (Phi) is 5.03. The highest BCUT2D eigenvalue weighted by Gasteiger charge is 2.53. The van der Waals surface area contributed by atoms with Gasteiger partial charge in [-0.2, -0.15) is 0 Å². The molecule has 3 aromatic carbocycles. The van der Waals surface area contributed by atoms with Gasteiger partial charge < -0.3 is 10.6 Å². The number of anilines is 2. The molecule has 2 bridgehead atoms. The van der Waals surface area contributed by atoms with Gasteiger partial charge in [0, 0.05) is 21.4 Å². The molecule has 2 saturated carbocycles. The van der Waals surface area contributed by atoms with Crippen LogP contribution in [0.1, 0.15) is 52.7 Å². The third kappa shape index (κ3) is 3.36. The van der Waals surface area contributed by atoms with Crippen LogP contribution in [0.5, 0.6) is 0 Å². The number of rotatable bonds is 3. The fourth-order valence-electron chi connectivity index (χ4n) is 6.39. The third-order valence-electron chi connectivity index (χ3n) is 7.69. The molecule has 5 heteroatoms. The van der Waals surface area contributed by atoms with Crippen molar-refractivity contribution in [1.82, 2.24) is 0 Å². The van der Waals surface area contributed by atoms with Gasteiger partial charge in [-0.25, -0.2) is 0 Å². The highest BCUT2D eigenvalue weighted by atomic mass is 79.9. The maximum Gasteiger partial charge on any atom is 0.255 e. The van der Waals surface area contributed by atoms with Crippen LogP contribution in [-0.2, 0) is 0 Å². The van der Waals surface area contributed by atoms with E-state index in [1.54, 1.807) is 6.07 Å². The van der Waals surface area contributed by atoms with Crippen LogP contribution in [0.3, 0.4) is 0 Å². The van der Waals surface area contributed by atoms with Crippen molar-refractivity contribution in [2.45, 2.75) is 31.2 Å².